The summed E-state index contributed by atoms with van der Waals surface area (Å²) in [5.74, 6) is 0.867. The van der Waals surface area contributed by atoms with Crippen molar-refractivity contribution >= 4 is 49.2 Å². The first-order chi connectivity index (χ1) is 13.6. The third-order valence-electron chi connectivity index (χ3n) is 5.08. The van der Waals surface area contributed by atoms with Gasteiger partial charge in [0.1, 0.15) is 5.75 Å². The molecule has 0 amide bonds. The number of hydrogen-bond acceptors (Lipinski definition) is 3. The maximum Gasteiger partial charge on any atom is 0.213 e. The van der Waals surface area contributed by atoms with Crippen LogP contribution in [0.4, 0.5) is 0 Å². The van der Waals surface area contributed by atoms with Crippen LogP contribution in [0, 0.1) is 0 Å². The van der Waals surface area contributed by atoms with Gasteiger partial charge < -0.3 is 4.74 Å². The number of benzene rings is 3. The van der Waals surface area contributed by atoms with Gasteiger partial charge in [0.25, 0.3) is 0 Å². The molecule has 6 heteroatoms. The Morgan fingerprint density at radius 3 is 2.32 bits per heavy atom. The first-order valence-corrected chi connectivity index (χ1v) is 10.9. The zero-order valence-corrected chi connectivity index (χ0v) is 18.6. The number of rotatable bonds is 2. The number of halogens is 3. The van der Waals surface area contributed by atoms with E-state index in [0.717, 1.165) is 43.5 Å². The fraction of sp³-hybridized carbons (Fsp3) is 0.136. The van der Waals surface area contributed by atoms with E-state index in [9.17, 15) is 0 Å². The minimum atomic E-state index is -0.278. The zero-order valence-electron chi connectivity index (χ0n) is 14.6. The van der Waals surface area contributed by atoms with E-state index in [2.05, 4.69) is 61.1 Å². The van der Waals surface area contributed by atoms with E-state index >= 15 is 0 Å². The summed E-state index contributed by atoms with van der Waals surface area (Å²) >= 11 is 13.3. The molecule has 3 aromatic rings. The lowest BCUT2D eigenvalue weighted by atomic mass is 9.96. The van der Waals surface area contributed by atoms with Gasteiger partial charge in [0.15, 0.2) is 0 Å². The van der Waals surface area contributed by atoms with E-state index in [1.807, 2.05) is 42.5 Å². The lowest BCUT2D eigenvalue weighted by Crippen LogP contribution is -2.33. The molecular weight excluding hydrogens is 504 g/mol. The van der Waals surface area contributed by atoms with Crippen molar-refractivity contribution < 1.29 is 4.74 Å². The fourth-order valence-electron chi connectivity index (χ4n) is 3.72. The second-order valence-electron chi connectivity index (χ2n) is 6.86. The van der Waals surface area contributed by atoms with Crippen LogP contribution in [0.5, 0.6) is 5.75 Å². The Kier molecular flexibility index (Phi) is 4.69. The molecule has 0 unspecified atom stereocenters. The molecule has 0 N–H and O–H groups in total. The van der Waals surface area contributed by atoms with Crippen molar-refractivity contribution in [2.75, 3.05) is 0 Å². The molecule has 0 saturated carbocycles. The van der Waals surface area contributed by atoms with Gasteiger partial charge in [0.2, 0.25) is 6.23 Å². The Morgan fingerprint density at radius 1 is 0.929 bits per heavy atom. The van der Waals surface area contributed by atoms with E-state index in [-0.39, 0.29) is 12.3 Å². The lowest BCUT2D eigenvalue weighted by Gasteiger charge is -2.38. The average Bonchev–Trinajstić information content (AvgIpc) is 3.14. The number of hydrogen-bond donors (Lipinski definition) is 0. The predicted molar refractivity (Wildman–Crippen MR) is 119 cm³/mol. The number of ether oxygens (including phenoxy) is 1. The number of nitrogens with zero attached hydrogens (tertiary/aromatic N) is 2. The summed E-state index contributed by atoms with van der Waals surface area (Å²) in [6.07, 6.45) is 0.533. The van der Waals surface area contributed by atoms with Gasteiger partial charge in [-0.25, -0.2) is 5.01 Å². The van der Waals surface area contributed by atoms with Gasteiger partial charge in [-0.2, -0.15) is 5.10 Å². The molecule has 0 aliphatic carbocycles. The van der Waals surface area contributed by atoms with Crippen molar-refractivity contribution in [2.24, 2.45) is 5.10 Å². The van der Waals surface area contributed by atoms with Crippen LogP contribution in [0.2, 0.25) is 5.02 Å². The molecule has 0 fully saturated rings. The smallest absolute Gasteiger partial charge is 0.213 e. The molecule has 0 saturated heterocycles. The third-order valence-corrected chi connectivity index (χ3v) is 6.38. The van der Waals surface area contributed by atoms with E-state index in [4.69, 9.17) is 21.4 Å². The maximum absolute atomic E-state index is 6.37. The van der Waals surface area contributed by atoms with Crippen LogP contribution in [-0.2, 0) is 0 Å². The van der Waals surface area contributed by atoms with Crippen LogP contribution in [0.15, 0.2) is 80.8 Å². The first kappa shape index (κ1) is 18.2. The van der Waals surface area contributed by atoms with Crippen molar-refractivity contribution in [1.29, 1.82) is 0 Å². The van der Waals surface area contributed by atoms with E-state index < -0.39 is 0 Å². The van der Waals surface area contributed by atoms with Gasteiger partial charge in [-0.15, -0.1) is 0 Å². The highest BCUT2D eigenvalue weighted by Gasteiger charge is 2.41. The van der Waals surface area contributed by atoms with Crippen LogP contribution in [0.1, 0.15) is 35.4 Å². The second-order valence-corrected chi connectivity index (χ2v) is 9.13. The molecule has 0 aromatic heterocycles. The molecule has 2 aliphatic heterocycles. The van der Waals surface area contributed by atoms with Crippen LogP contribution in [0.3, 0.4) is 0 Å². The Labute approximate surface area is 185 Å². The van der Waals surface area contributed by atoms with Gasteiger partial charge in [-0.1, -0.05) is 67.7 Å². The fourth-order valence-corrected chi connectivity index (χ4v) is 4.43. The minimum Gasteiger partial charge on any atom is -0.464 e. The van der Waals surface area contributed by atoms with Crippen molar-refractivity contribution in [3.63, 3.8) is 0 Å². The molecule has 0 radical (unpaired) electrons. The monoisotopic (exact) mass is 516 g/mol. The van der Waals surface area contributed by atoms with Crippen molar-refractivity contribution in [3.8, 4) is 5.75 Å². The second kappa shape index (κ2) is 7.21. The molecular formula is C22H15Br2ClN2O. The van der Waals surface area contributed by atoms with Crippen LogP contribution < -0.4 is 4.74 Å². The largest absolute Gasteiger partial charge is 0.464 e. The molecule has 0 spiro atoms. The van der Waals surface area contributed by atoms with Crippen LogP contribution in [-0.4, -0.2) is 10.7 Å². The zero-order chi connectivity index (χ0) is 19.3. The summed E-state index contributed by atoms with van der Waals surface area (Å²) in [4.78, 5) is 0. The standard InChI is InChI=1S/C22H15Br2ClN2O/c23-15-5-1-13(2-6-15)19-12-20-18-11-17(25)9-10-21(18)28-22(27(20)26-19)14-3-7-16(24)8-4-14/h1-11,20,22H,12H2/t20-,22+/m1/s1. The summed E-state index contributed by atoms with van der Waals surface area (Å²) in [5, 5.41) is 7.75. The summed E-state index contributed by atoms with van der Waals surface area (Å²) < 4.78 is 8.46. The van der Waals surface area contributed by atoms with E-state index in [0.29, 0.717) is 5.02 Å². The summed E-state index contributed by atoms with van der Waals surface area (Å²) in [6.45, 7) is 0. The number of fused-ring (bicyclic) bond motifs is 3. The topological polar surface area (TPSA) is 24.8 Å². The normalized spacial score (nSPS) is 20.2. The van der Waals surface area contributed by atoms with Gasteiger partial charge >= 0.3 is 0 Å². The molecule has 2 aliphatic rings. The van der Waals surface area contributed by atoms with E-state index in [1.54, 1.807) is 0 Å². The molecule has 2 atom stereocenters. The molecule has 3 nitrogen and oxygen atoms in total. The highest BCUT2D eigenvalue weighted by Crippen LogP contribution is 2.48. The molecule has 28 heavy (non-hydrogen) atoms. The molecule has 5 rings (SSSR count). The SMILES string of the molecule is Clc1ccc2c(c1)[C@H]1CC(c3ccc(Br)cc3)=NN1[C@H](c1ccc(Br)cc1)O2. The summed E-state index contributed by atoms with van der Waals surface area (Å²) in [7, 11) is 0. The quantitative estimate of drug-likeness (QED) is 0.361. The summed E-state index contributed by atoms with van der Waals surface area (Å²) in [5.41, 5.74) is 4.32. The molecule has 140 valence electrons. The van der Waals surface area contributed by atoms with Gasteiger partial charge in [0, 0.05) is 31.5 Å². The summed E-state index contributed by atoms with van der Waals surface area (Å²) in [6, 6.07) is 22.4. The maximum atomic E-state index is 6.37. The lowest BCUT2D eigenvalue weighted by molar-refractivity contribution is -0.0190. The Morgan fingerprint density at radius 2 is 1.61 bits per heavy atom. The van der Waals surface area contributed by atoms with Crippen molar-refractivity contribution in [2.45, 2.75) is 18.7 Å². The van der Waals surface area contributed by atoms with Crippen molar-refractivity contribution in [3.05, 3.63) is 97.4 Å². The van der Waals surface area contributed by atoms with Gasteiger partial charge in [0.05, 0.1) is 11.8 Å². The van der Waals surface area contributed by atoms with Crippen molar-refractivity contribution in [1.82, 2.24) is 5.01 Å². The number of hydrazone groups is 1. The first-order valence-electron chi connectivity index (χ1n) is 8.92. The van der Waals surface area contributed by atoms with Gasteiger partial charge in [-0.05, 0) is 48.0 Å². The molecule has 3 aromatic carbocycles. The van der Waals surface area contributed by atoms with E-state index in [1.165, 1.54) is 0 Å². The average molecular weight is 519 g/mol. The van der Waals surface area contributed by atoms with Crippen LogP contribution >= 0.6 is 43.5 Å². The van der Waals surface area contributed by atoms with Crippen LogP contribution in [0.25, 0.3) is 0 Å². The minimum absolute atomic E-state index is 0.0924. The molecule has 2 heterocycles. The Hall–Kier alpha value is -1.82. The van der Waals surface area contributed by atoms with Gasteiger partial charge in [-0.3, -0.25) is 0 Å². The third kappa shape index (κ3) is 3.25. The highest BCUT2D eigenvalue weighted by atomic mass is 79.9. The Balaban J connectivity index is 1.59. The Bertz CT molecular complexity index is 1070. The highest BCUT2D eigenvalue weighted by molar-refractivity contribution is 9.10. The predicted octanol–water partition coefficient (Wildman–Crippen LogP) is 7.11. The molecule has 0 bridgehead atoms.